The third kappa shape index (κ3) is 3.22. The summed E-state index contributed by atoms with van der Waals surface area (Å²) in [4.78, 5) is 33.7. The van der Waals surface area contributed by atoms with Crippen LogP contribution in [-0.2, 0) is 13.8 Å². The molecule has 132 valence electrons. The summed E-state index contributed by atoms with van der Waals surface area (Å²) in [5, 5.41) is 0.732. The average Bonchev–Trinajstić information content (AvgIpc) is 3.17. The lowest BCUT2D eigenvalue weighted by Crippen LogP contribution is -2.22. The monoisotopic (exact) mass is 363 g/mol. The highest BCUT2D eigenvalue weighted by atomic mass is 31.2. The van der Waals surface area contributed by atoms with Crippen LogP contribution in [0.15, 0.2) is 24.8 Å². The van der Waals surface area contributed by atoms with Crippen LogP contribution < -0.4 is 15.5 Å². The minimum absolute atomic E-state index is 0.0482. The van der Waals surface area contributed by atoms with Crippen LogP contribution in [0.25, 0.3) is 21.9 Å². The second kappa shape index (κ2) is 6.01. The molecular weight excluding hydrogens is 349 g/mol. The molecule has 3 heterocycles. The molecule has 0 aliphatic carbocycles. The summed E-state index contributed by atoms with van der Waals surface area (Å²) >= 11 is 0. The van der Waals surface area contributed by atoms with Gasteiger partial charge in [0.1, 0.15) is 12.1 Å². The number of nitrogens with two attached hydrogens (primary N) is 1. The maximum Gasteiger partial charge on any atom is 0.134 e. The van der Waals surface area contributed by atoms with E-state index in [0.29, 0.717) is 24.4 Å². The molecule has 2 aromatic heterocycles. The molecule has 2 N–H and O–H groups in total. The number of nitrogens with zero attached hydrogens (tertiary/aromatic N) is 4. The second-order valence-electron chi connectivity index (χ2n) is 5.86. The Morgan fingerprint density at radius 2 is 2.16 bits per heavy atom. The van der Waals surface area contributed by atoms with Gasteiger partial charge in [0.15, 0.2) is 0 Å². The molecular formula is C14H14N5O5P-2. The van der Waals surface area contributed by atoms with Gasteiger partial charge in [-0.2, -0.15) is 0 Å². The van der Waals surface area contributed by atoms with Crippen LogP contribution in [0.1, 0.15) is 12.5 Å². The zero-order valence-corrected chi connectivity index (χ0v) is 13.8. The van der Waals surface area contributed by atoms with Crippen molar-refractivity contribution in [2.75, 3.05) is 18.9 Å². The number of anilines is 1. The fourth-order valence-corrected chi connectivity index (χ4v) is 3.41. The van der Waals surface area contributed by atoms with E-state index in [9.17, 15) is 14.4 Å². The molecule has 1 fully saturated rings. The van der Waals surface area contributed by atoms with Crippen molar-refractivity contribution in [3.05, 3.63) is 24.8 Å². The highest BCUT2D eigenvalue weighted by Gasteiger charge is 2.28. The van der Waals surface area contributed by atoms with Crippen LogP contribution in [0, 0.1) is 0 Å². The van der Waals surface area contributed by atoms with Crippen LogP contribution in [0.4, 0.5) is 5.82 Å². The van der Waals surface area contributed by atoms with Crippen LogP contribution in [-0.4, -0.2) is 38.8 Å². The van der Waals surface area contributed by atoms with Gasteiger partial charge < -0.3 is 33.9 Å². The van der Waals surface area contributed by atoms with Crippen molar-refractivity contribution in [1.29, 1.82) is 0 Å². The summed E-state index contributed by atoms with van der Waals surface area (Å²) in [7, 11) is -4.99. The molecule has 0 bridgehead atoms. The Labute approximate surface area is 141 Å². The Kier molecular flexibility index (Phi) is 3.94. The van der Waals surface area contributed by atoms with Gasteiger partial charge in [-0.05, 0) is 18.6 Å². The maximum atomic E-state index is 10.6. The van der Waals surface area contributed by atoms with Gasteiger partial charge in [-0.15, -0.1) is 0 Å². The average molecular weight is 363 g/mol. The zero-order valence-electron chi connectivity index (χ0n) is 12.9. The number of ether oxygens (including phenoxy) is 1. The van der Waals surface area contributed by atoms with Gasteiger partial charge in [0, 0.05) is 5.39 Å². The first-order valence-corrected chi connectivity index (χ1v) is 9.02. The molecule has 0 radical (unpaired) electrons. The van der Waals surface area contributed by atoms with Crippen LogP contribution >= 0.6 is 7.82 Å². The van der Waals surface area contributed by atoms with E-state index in [2.05, 4.69) is 19.5 Å². The fraction of sp³-hybridized carbons (Fsp3) is 0.357. The molecule has 25 heavy (non-hydrogen) atoms. The SMILES string of the molecule is Nc1ncnc2cc3c(cc12)ncn3C1COC(COP(=O)([O-])[O-])C1. The van der Waals surface area contributed by atoms with Gasteiger partial charge in [-0.1, -0.05) is 0 Å². The van der Waals surface area contributed by atoms with Gasteiger partial charge >= 0.3 is 0 Å². The molecule has 0 saturated carbocycles. The summed E-state index contributed by atoms with van der Waals surface area (Å²) < 4.78 is 22.4. The van der Waals surface area contributed by atoms with Crippen molar-refractivity contribution in [1.82, 2.24) is 19.5 Å². The normalized spacial score (nSPS) is 21.4. The maximum absolute atomic E-state index is 10.6. The first-order valence-electron chi connectivity index (χ1n) is 7.56. The van der Waals surface area contributed by atoms with E-state index in [-0.39, 0.29) is 12.6 Å². The predicted octanol–water partition coefficient (Wildman–Crippen LogP) is -0.263. The van der Waals surface area contributed by atoms with Crippen molar-refractivity contribution in [2.24, 2.45) is 0 Å². The molecule has 1 aliphatic heterocycles. The number of fused-ring (bicyclic) bond motifs is 2. The number of imidazole rings is 1. The second-order valence-corrected chi connectivity index (χ2v) is 7.01. The van der Waals surface area contributed by atoms with E-state index in [0.717, 1.165) is 16.4 Å². The Hall–Kier alpha value is -2.10. The highest BCUT2D eigenvalue weighted by Crippen LogP contribution is 2.32. The third-order valence-electron chi connectivity index (χ3n) is 4.23. The van der Waals surface area contributed by atoms with Crippen molar-refractivity contribution >= 4 is 35.6 Å². The molecule has 3 aromatic rings. The Morgan fingerprint density at radius 1 is 1.32 bits per heavy atom. The van der Waals surface area contributed by atoms with Crippen molar-refractivity contribution in [3.63, 3.8) is 0 Å². The zero-order chi connectivity index (χ0) is 17.6. The number of hydrogen-bond donors (Lipinski definition) is 1. The number of phosphoric acid groups is 1. The summed E-state index contributed by atoms with van der Waals surface area (Å²) in [6.45, 7) is 0.0888. The number of phosphoric ester groups is 1. The van der Waals surface area contributed by atoms with Crippen LogP contribution in [0.2, 0.25) is 0 Å². The fourth-order valence-electron chi connectivity index (χ4n) is 3.06. The standard InChI is InChI=1S/C14H16N5O5P/c15-14-10-2-12-13(3-11(10)16-6-17-14)19(7-18-12)8-1-9(23-4-8)5-24-25(20,21)22/h2-3,6-9H,1,4-5H2,(H2,15,16,17)(H2,20,21,22)/p-2. The summed E-state index contributed by atoms with van der Waals surface area (Å²) in [5.41, 5.74) is 8.18. The van der Waals surface area contributed by atoms with Gasteiger partial charge in [0.2, 0.25) is 0 Å². The molecule has 11 heteroatoms. The van der Waals surface area contributed by atoms with E-state index in [1.165, 1.54) is 6.33 Å². The first kappa shape index (κ1) is 16.4. The molecule has 10 nitrogen and oxygen atoms in total. The Morgan fingerprint density at radius 3 is 2.96 bits per heavy atom. The number of hydrogen-bond acceptors (Lipinski definition) is 9. The molecule has 4 rings (SSSR count). The Bertz CT molecular complexity index is 986. The third-order valence-corrected chi connectivity index (χ3v) is 4.70. The van der Waals surface area contributed by atoms with Crippen molar-refractivity contribution in [3.8, 4) is 0 Å². The quantitative estimate of drug-likeness (QED) is 0.618. The minimum Gasteiger partial charge on any atom is -0.790 e. The van der Waals surface area contributed by atoms with E-state index in [4.69, 9.17) is 10.5 Å². The first-order chi connectivity index (χ1) is 11.9. The highest BCUT2D eigenvalue weighted by molar-refractivity contribution is 7.43. The van der Waals surface area contributed by atoms with Crippen molar-refractivity contribution < 1.29 is 23.6 Å². The molecule has 0 spiro atoms. The smallest absolute Gasteiger partial charge is 0.134 e. The van der Waals surface area contributed by atoms with Gasteiger partial charge in [0.25, 0.3) is 0 Å². The largest absolute Gasteiger partial charge is 0.790 e. The molecule has 0 amide bonds. The lowest BCUT2D eigenvalue weighted by molar-refractivity contribution is -0.342. The lowest BCUT2D eigenvalue weighted by Gasteiger charge is -2.29. The molecule has 1 saturated heterocycles. The Balaban J connectivity index is 1.61. The molecule has 1 aromatic carbocycles. The number of benzene rings is 1. The molecule has 1 aliphatic rings. The van der Waals surface area contributed by atoms with E-state index in [1.807, 2.05) is 16.7 Å². The van der Waals surface area contributed by atoms with Gasteiger partial charge in [0.05, 0.1) is 56.1 Å². The summed E-state index contributed by atoms with van der Waals surface area (Å²) in [6, 6.07) is 3.66. The minimum atomic E-state index is -4.99. The number of rotatable bonds is 4. The van der Waals surface area contributed by atoms with Crippen LogP contribution in [0.3, 0.4) is 0 Å². The number of nitrogen functional groups attached to an aromatic ring is 1. The summed E-state index contributed by atoms with van der Waals surface area (Å²) in [5.74, 6) is 0.391. The van der Waals surface area contributed by atoms with E-state index in [1.54, 1.807) is 6.33 Å². The summed E-state index contributed by atoms with van der Waals surface area (Å²) in [6.07, 6.45) is 3.14. The predicted molar refractivity (Wildman–Crippen MR) is 84.2 cm³/mol. The van der Waals surface area contributed by atoms with E-state index < -0.39 is 13.9 Å². The lowest BCUT2D eigenvalue weighted by atomic mass is 10.1. The molecule has 2 atom stereocenters. The van der Waals surface area contributed by atoms with Gasteiger partial charge in [-0.3, -0.25) is 0 Å². The van der Waals surface area contributed by atoms with E-state index >= 15 is 0 Å². The molecule has 2 unspecified atom stereocenters. The van der Waals surface area contributed by atoms with Crippen molar-refractivity contribution in [2.45, 2.75) is 18.6 Å². The van der Waals surface area contributed by atoms with Crippen LogP contribution in [0.5, 0.6) is 0 Å². The topological polar surface area (TPSA) is 151 Å². The van der Waals surface area contributed by atoms with Gasteiger partial charge in [-0.25, -0.2) is 15.0 Å². The number of aromatic nitrogens is 4.